The molecule has 0 aromatic heterocycles. The summed E-state index contributed by atoms with van der Waals surface area (Å²) in [4.78, 5) is 0. The Morgan fingerprint density at radius 3 is 2.67 bits per heavy atom. The van der Waals surface area contributed by atoms with Crippen LogP contribution >= 0.6 is 0 Å². The molecular weight excluding hydrogens is 152 g/mol. The van der Waals surface area contributed by atoms with Crippen LogP contribution in [0, 0.1) is 0 Å². The molecule has 0 amide bonds. The summed E-state index contributed by atoms with van der Waals surface area (Å²) in [5.41, 5.74) is 1.12. The fourth-order valence-electron chi connectivity index (χ4n) is 0.681. The lowest BCUT2D eigenvalue weighted by molar-refractivity contribution is -0.118. The Kier molecular flexibility index (Phi) is 6.72. The summed E-state index contributed by atoms with van der Waals surface area (Å²) in [6, 6.07) is 0. The van der Waals surface area contributed by atoms with Gasteiger partial charge < -0.3 is 9.47 Å². The third kappa shape index (κ3) is 6.13. The van der Waals surface area contributed by atoms with Crippen molar-refractivity contribution >= 4 is 0 Å². The molecular formula is C10H18O2. The van der Waals surface area contributed by atoms with Gasteiger partial charge in [0.15, 0.2) is 6.29 Å². The maximum Gasteiger partial charge on any atom is 0.155 e. The zero-order chi connectivity index (χ0) is 9.40. The number of hydrogen-bond acceptors (Lipinski definition) is 2. The normalized spacial score (nSPS) is 14.4. The second-order valence-electron chi connectivity index (χ2n) is 2.51. The van der Waals surface area contributed by atoms with E-state index in [1.807, 2.05) is 26.8 Å². The minimum absolute atomic E-state index is 0.121. The Morgan fingerprint density at radius 1 is 1.50 bits per heavy atom. The summed E-state index contributed by atoms with van der Waals surface area (Å²) in [5.74, 6) is 0. The van der Waals surface area contributed by atoms with Crippen LogP contribution in [0.2, 0.25) is 0 Å². The Balaban J connectivity index is 3.48. The summed E-state index contributed by atoms with van der Waals surface area (Å²) in [6.07, 6.45) is 3.65. The molecule has 70 valence electrons. The predicted octanol–water partition coefficient (Wildman–Crippen LogP) is 2.52. The molecule has 0 aromatic carbocycles. The van der Waals surface area contributed by atoms with Crippen molar-refractivity contribution in [2.75, 3.05) is 13.2 Å². The van der Waals surface area contributed by atoms with Crippen LogP contribution in [0.4, 0.5) is 0 Å². The van der Waals surface area contributed by atoms with Gasteiger partial charge in [0.1, 0.15) is 0 Å². The SMILES string of the molecule is C=C/C(C)=C/COC(C)OCC. The van der Waals surface area contributed by atoms with Crippen LogP contribution < -0.4 is 0 Å². The third-order valence-electron chi connectivity index (χ3n) is 1.46. The van der Waals surface area contributed by atoms with E-state index in [1.165, 1.54) is 0 Å². The topological polar surface area (TPSA) is 18.5 Å². The van der Waals surface area contributed by atoms with E-state index in [9.17, 15) is 0 Å². The Hall–Kier alpha value is -0.600. The van der Waals surface area contributed by atoms with Gasteiger partial charge in [0.05, 0.1) is 6.61 Å². The summed E-state index contributed by atoms with van der Waals surface area (Å²) >= 11 is 0. The maximum absolute atomic E-state index is 5.31. The lowest BCUT2D eigenvalue weighted by Gasteiger charge is -2.10. The van der Waals surface area contributed by atoms with Crippen molar-refractivity contribution in [2.45, 2.75) is 27.1 Å². The molecule has 0 saturated carbocycles. The van der Waals surface area contributed by atoms with E-state index >= 15 is 0 Å². The Labute approximate surface area is 74.9 Å². The molecule has 0 aliphatic rings. The molecule has 0 radical (unpaired) electrons. The minimum atomic E-state index is -0.121. The number of hydrogen-bond donors (Lipinski definition) is 0. The van der Waals surface area contributed by atoms with Gasteiger partial charge in [0.2, 0.25) is 0 Å². The molecule has 2 heteroatoms. The monoisotopic (exact) mass is 170 g/mol. The van der Waals surface area contributed by atoms with Crippen molar-refractivity contribution in [1.82, 2.24) is 0 Å². The lowest BCUT2D eigenvalue weighted by atomic mass is 10.3. The molecule has 0 rings (SSSR count). The first-order valence-electron chi connectivity index (χ1n) is 4.23. The minimum Gasteiger partial charge on any atom is -0.353 e. The van der Waals surface area contributed by atoms with Crippen molar-refractivity contribution in [1.29, 1.82) is 0 Å². The summed E-state index contributed by atoms with van der Waals surface area (Å²) < 4.78 is 10.5. The van der Waals surface area contributed by atoms with Gasteiger partial charge in [-0.2, -0.15) is 0 Å². The molecule has 0 bridgehead atoms. The van der Waals surface area contributed by atoms with E-state index in [-0.39, 0.29) is 6.29 Å². The molecule has 0 heterocycles. The first kappa shape index (κ1) is 11.4. The van der Waals surface area contributed by atoms with Gasteiger partial charge in [0.25, 0.3) is 0 Å². The molecule has 0 spiro atoms. The first-order valence-corrected chi connectivity index (χ1v) is 4.23. The van der Waals surface area contributed by atoms with Crippen molar-refractivity contribution in [2.24, 2.45) is 0 Å². The van der Waals surface area contributed by atoms with Gasteiger partial charge >= 0.3 is 0 Å². The molecule has 0 N–H and O–H groups in total. The van der Waals surface area contributed by atoms with E-state index in [1.54, 1.807) is 6.08 Å². The van der Waals surface area contributed by atoms with Gasteiger partial charge in [-0.25, -0.2) is 0 Å². The van der Waals surface area contributed by atoms with Crippen LogP contribution in [-0.2, 0) is 9.47 Å². The average Bonchev–Trinajstić information content (AvgIpc) is 2.04. The number of ether oxygens (including phenoxy) is 2. The lowest BCUT2D eigenvalue weighted by Crippen LogP contribution is -2.12. The molecule has 1 unspecified atom stereocenters. The summed E-state index contributed by atoms with van der Waals surface area (Å²) in [7, 11) is 0. The van der Waals surface area contributed by atoms with Gasteiger partial charge in [-0.3, -0.25) is 0 Å². The number of allylic oxidation sites excluding steroid dienone is 2. The van der Waals surface area contributed by atoms with E-state index in [2.05, 4.69) is 6.58 Å². The highest BCUT2D eigenvalue weighted by atomic mass is 16.7. The second-order valence-corrected chi connectivity index (χ2v) is 2.51. The van der Waals surface area contributed by atoms with Crippen LogP contribution in [0.15, 0.2) is 24.3 Å². The largest absolute Gasteiger partial charge is 0.353 e. The fraction of sp³-hybridized carbons (Fsp3) is 0.600. The van der Waals surface area contributed by atoms with E-state index in [4.69, 9.17) is 9.47 Å². The van der Waals surface area contributed by atoms with Crippen LogP contribution in [0.1, 0.15) is 20.8 Å². The highest BCUT2D eigenvalue weighted by Crippen LogP contribution is 1.96. The molecule has 0 saturated heterocycles. The van der Waals surface area contributed by atoms with Crippen molar-refractivity contribution in [3.63, 3.8) is 0 Å². The van der Waals surface area contributed by atoms with Crippen molar-refractivity contribution in [3.05, 3.63) is 24.3 Å². The highest BCUT2D eigenvalue weighted by Gasteiger charge is 1.96. The quantitative estimate of drug-likeness (QED) is 0.450. The summed E-state index contributed by atoms with van der Waals surface area (Å²) in [6.45, 7) is 10.7. The maximum atomic E-state index is 5.31. The molecule has 2 nitrogen and oxygen atoms in total. The molecule has 1 atom stereocenters. The second kappa shape index (κ2) is 7.07. The Bertz CT molecular complexity index is 150. The van der Waals surface area contributed by atoms with Crippen LogP contribution in [0.5, 0.6) is 0 Å². The zero-order valence-corrected chi connectivity index (χ0v) is 8.17. The first-order chi connectivity index (χ1) is 5.70. The Morgan fingerprint density at radius 2 is 2.17 bits per heavy atom. The van der Waals surface area contributed by atoms with Crippen molar-refractivity contribution < 1.29 is 9.47 Å². The molecule has 12 heavy (non-hydrogen) atoms. The van der Waals surface area contributed by atoms with E-state index < -0.39 is 0 Å². The molecule has 0 fully saturated rings. The van der Waals surface area contributed by atoms with Gasteiger partial charge in [0, 0.05) is 6.61 Å². The highest BCUT2D eigenvalue weighted by molar-refractivity contribution is 5.12. The zero-order valence-electron chi connectivity index (χ0n) is 8.17. The smallest absolute Gasteiger partial charge is 0.155 e. The van der Waals surface area contributed by atoms with E-state index in [0.717, 1.165) is 5.57 Å². The fourth-order valence-corrected chi connectivity index (χ4v) is 0.681. The van der Waals surface area contributed by atoms with E-state index in [0.29, 0.717) is 13.2 Å². The van der Waals surface area contributed by atoms with Gasteiger partial charge in [-0.05, 0) is 20.8 Å². The molecule has 0 aliphatic heterocycles. The third-order valence-corrected chi connectivity index (χ3v) is 1.46. The van der Waals surface area contributed by atoms with Crippen LogP contribution in [0.25, 0.3) is 0 Å². The van der Waals surface area contributed by atoms with Crippen LogP contribution in [-0.4, -0.2) is 19.5 Å². The summed E-state index contributed by atoms with van der Waals surface area (Å²) in [5, 5.41) is 0. The molecule has 0 aromatic rings. The van der Waals surface area contributed by atoms with Gasteiger partial charge in [-0.1, -0.05) is 24.3 Å². The number of rotatable bonds is 6. The predicted molar refractivity (Wildman–Crippen MR) is 51.0 cm³/mol. The van der Waals surface area contributed by atoms with Gasteiger partial charge in [-0.15, -0.1) is 0 Å². The average molecular weight is 170 g/mol. The van der Waals surface area contributed by atoms with Crippen LogP contribution in [0.3, 0.4) is 0 Å². The standard InChI is InChI=1S/C10H18O2/c1-5-9(3)7-8-12-10(4)11-6-2/h5,7,10H,1,6,8H2,2-4H3/b9-7+. The molecule has 0 aliphatic carbocycles. The van der Waals surface area contributed by atoms with Crippen molar-refractivity contribution in [3.8, 4) is 0 Å².